The third-order valence-corrected chi connectivity index (χ3v) is 3.29. The molecule has 1 N–H and O–H groups in total. The highest BCUT2D eigenvalue weighted by Gasteiger charge is 2.19. The van der Waals surface area contributed by atoms with Crippen LogP contribution in [0.25, 0.3) is 0 Å². The van der Waals surface area contributed by atoms with Gasteiger partial charge in [-0.3, -0.25) is 0 Å². The second kappa shape index (κ2) is 6.53. The zero-order valence-corrected chi connectivity index (χ0v) is 12.1. The van der Waals surface area contributed by atoms with Crippen LogP contribution < -0.4 is 10.1 Å². The van der Waals surface area contributed by atoms with Crippen LogP contribution in [0.5, 0.6) is 5.75 Å². The number of nitrogens with one attached hydrogen (secondary N) is 1. The van der Waals surface area contributed by atoms with Gasteiger partial charge in [0.2, 0.25) is 0 Å². The third kappa shape index (κ3) is 2.99. The number of rotatable bonds is 5. The molecule has 0 bridgehead atoms. The van der Waals surface area contributed by atoms with E-state index in [9.17, 15) is 4.39 Å². The van der Waals surface area contributed by atoms with E-state index in [1.807, 2.05) is 57.3 Å². The van der Waals surface area contributed by atoms with Crippen molar-refractivity contribution in [3.8, 4) is 5.75 Å². The number of benzene rings is 2. The molecule has 20 heavy (non-hydrogen) atoms. The highest BCUT2D eigenvalue weighted by Crippen LogP contribution is 2.31. The highest BCUT2D eigenvalue weighted by molar-refractivity contribution is 5.42. The molecular formula is C17H20FNO. The molecule has 0 aliphatic heterocycles. The predicted octanol–water partition coefficient (Wildman–Crippen LogP) is 3.84. The number of hydrogen-bond acceptors (Lipinski definition) is 2. The smallest absolute Gasteiger partial charge is 0.128 e. The van der Waals surface area contributed by atoms with Crippen LogP contribution in [0.1, 0.15) is 29.7 Å². The molecule has 0 amide bonds. The molecule has 0 saturated carbocycles. The van der Waals surface area contributed by atoms with Gasteiger partial charge in [0.05, 0.1) is 12.6 Å². The van der Waals surface area contributed by atoms with Crippen LogP contribution in [0.4, 0.5) is 4.39 Å². The molecule has 0 fully saturated rings. The van der Waals surface area contributed by atoms with E-state index in [0.29, 0.717) is 12.2 Å². The summed E-state index contributed by atoms with van der Waals surface area (Å²) < 4.78 is 19.9. The fraction of sp³-hybridized carbons (Fsp3) is 0.294. The molecular weight excluding hydrogens is 253 g/mol. The molecule has 2 aromatic rings. The summed E-state index contributed by atoms with van der Waals surface area (Å²) in [4.78, 5) is 0. The lowest BCUT2D eigenvalue weighted by Gasteiger charge is -2.21. The molecule has 0 aromatic heterocycles. The maximum absolute atomic E-state index is 14.2. The fourth-order valence-corrected chi connectivity index (χ4v) is 2.35. The van der Waals surface area contributed by atoms with E-state index in [2.05, 4.69) is 5.32 Å². The van der Waals surface area contributed by atoms with Gasteiger partial charge in [-0.2, -0.15) is 0 Å². The average Bonchev–Trinajstić information content (AvgIpc) is 2.44. The molecule has 0 aliphatic rings. The lowest BCUT2D eigenvalue weighted by atomic mass is 9.96. The first-order chi connectivity index (χ1) is 9.67. The lowest BCUT2D eigenvalue weighted by Crippen LogP contribution is -2.20. The minimum atomic E-state index is -0.224. The van der Waals surface area contributed by atoms with Gasteiger partial charge in [0, 0.05) is 11.1 Å². The highest BCUT2D eigenvalue weighted by atomic mass is 19.1. The average molecular weight is 273 g/mol. The minimum Gasteiger partial charge on any atom is -0.494 e. The number of hydrogen-bond donors (Lipinski definition) is 1. The van der Waals surface area contributed by atoms with E-state index in [1.165, 1.54) is 0 Å². The number of ether oxygens (including phenoxy) is 1. The summed E-state index contributed by atoms with van der Waals surface area (Å²) in [5.41, 5.74) is 2.49. The van der Waals surface area contributed by atoms with Crippen LogP contribution in [-0.4, -0.2) is 13.7 Å². The number of halogens is 1. The minimum absolute atomic E-state index is 0.198. The van der Waals surface area contributed by atoms with E-state index < -0.39 is 0 Å². The van der Waals surface area contributed by atoms with Gasteiger partial charge in [-0.15, -0.1) is 0 Å². The number of para-hydroxylation sites is 1. The molecule has 0 spiro atoms. The topological polar surface area (TPSA) is 21.3 Å². The Morgan fingerprint density at radius 1 is 1.15 bits per heavy atom. The molecule has 1 unspecified atom stereocenters. The SMILES string of the molecule is CCOc1ccccc1C(NC)c1ccc(C)cc1F. The summed E-state index contributed by atoms with van der Waals surface area (Å²) in [6, 6.07) is 12.8. The van der Waals surface area contributed by atoms with Gasteiger partial charge in [0.15, 0.2) is 0 Å². The van der Waals surface area contributed by atoms with Crippen LogP contribution in [0.2, 0.25) is 0 Å². The monoisotopic (exact) mass is 273 g/mol. The van der Waals surface area contributed by atoms with E-state index in [4.69, 9.17) is 4.74 Å². The van der Waals surface area contributed by atoms with Crippen molar-refractivity contribution in [1.82, 2.24) is 5.32 Å². The van der Waals surface area contributed by atoms with E-state index in [1.54, 1.807) is 6.07 Å². The van der Waals surface area contributed by atoms with Gasteiger partial charge in [0.1, 0.15) is 11.6 Å². The molecule has 0 radical (unpaired) electrons. The third-order valence-electron chi connectivity index (χ3n) is 3.29. The van der Waals surface area contributed by atoms with Crippen LogP contribution in [0.15, 0.2) is 42.5 Å². The summed E-state index contributed by atoms with van der Waals surface area (Å²) in [6.45, 7) is 4.41. The molecule has 106 valence electrons. The molecule has 2 aromatic carbocycles. The lowest BCUT2D eigenvalue weighted by molar-refractivity contribution is 0.334. The van der Waals surface area contributed by atoms with Crippen LogP contribution >= 0.6 is 0 Å². The molecule has 3 heteroatoms. The predicted molar refractivity (Wildman–Crippen MR) is 79.7 cm³/mol. The molecule has 2 rings (SSSR count). The van der Waals surface area contributed by atoms with E-state index in [0.717, 1.165) is 16.9 Å². The summed E-state index contributed by atoms with van der Waals surface area (Å²) in [6.07, 6.45) is 0. The molecule has 1 atom stereocenters. The zero-order chi connectivity index (χ0) is 14.5. The van der Waals surface area contributed by atoms with Crippen LogP contribution in [0, 0.1) is 12.7 Å². The van der Waals surface area contributed by atoms with Crippen molar-refractivity contribution in [3.63, 3.8) is 0 Å². The number of aryl methyl sites for hydroxylation is 1. The van der Waals surface area contributed by atoms with Crippen LogP contribution in [-0.2, 0) is 0 Å². The first-order valence-corrected chi connectivity index (χ1v) is 6.82. The van der Waals surface area contributed by atoms with Crippen molar-refractivity contribution in [1.29, 1.82) is 0 Å². The Labute approximate surface area is 119 Å². The van der Waals surface area contributed by atoms with Gasteiger partial charge in [0.25, 0.3) is 0 Å². The Morgan fingerprint density at radius 2 is 1.90 bits per heavy atom. The summed E-state index contributed by atoms with van der Waals surface area (Å²) >= 11 is 0. The molecule has 0 saturated heterocycles. The maximum atomic E-state index is 14.2. The van der Waals surface area contributed by atoms with Crippen molar-refractivity contribution in [2.45, 2.75) is 19.9 Å². The van der Waals surface area contributed by atoms with Gasteiger partial charge < -0.3 is 10.1 Å². The summed E-state index contributed by atoms with van der Waals surface area (Å²) in [5.74, 6) is 0.588. The Bertz CT molecular complexity index is 583. The largest absolute Gasteiger partial charge is 0.494 e. The summed E-state index contributed by atoms with van der Waals surface area (Å²) in [5, 5.41) is 3.17. The van der Waals surface area contributed by atoms with Crippen molar-refractivity contribution in [2.75, 3.05) is 13.7 Å². The Balaban J connectivity index is 2.47. The fourth-order valence-electron chi connectivity index (χ4n) is 2.35. The normalized spacial score (nSPS) is 12.2. The van der Waals surface area contributed by atoms with Crippen molar-refractivity contribution >= 4 is 0 Å². The quantitative estimate of drug-likeness (QED) is 0.893. The van der Waals surface area contributed by atoms with Gasteiger partial charge in [-0.1, -0.05) is 30.3 Å². The van der Waals surface area contributed by atoms with Gasteiger partial charge in [-0.05, 0) is 38.6 Å². The Kier molecular flexibility index (Phi) is 4.74. The molecule has 2 nitrogen and oxygen atoms in total. The Morgan fingerprint density at radius 3 is 2.55 bits per heavy atom. The van der Waals surface area contributed by atoms with Crippen molar-refractivity contribution in [2.24, 2.45) is 0 Å². The van der Waals surface area contributed by atoms with E-state index >= 15 is 0 Å². The maximum Gasteiger partial charge on any atom is 0.128 e. The first kappa shape index (κ1) is 14.5. The van der Waals surface area contributed by atoms with Crippen LogP contribution in [0.3, 0.4) is 0 Å². The van der Waals surface area contributed by atoms with E-state index in [-0.39, 0.29) is 11.9 Å². The second-order valence-corrected chi connectivity index (χ2v) is 4.72. The molecule has 0 aliphatic carbocycles. The zero-order valence-electron chi connectivity index (χ0n) is 12.1. The van der Waals surface area contributed by atoms with Crippen molar-refractivity contribution < 1.29 is 9.13 Å². The van der Waals surface area contributed by atoms with Crippen molar-refractivity contribution in [3.05, 3.63) is 65.0 Å². The second-order valence-electron chi connectivity index (χ2n) is 4.72. The Hall–Kier alpha value is -1.87. The standard InChI is InChI=1S/C17H20FNO/c1-4-20-16-8-6-5-7-14(16)17(19-3)13-10-9-12(2)11-15(13)18/h5-11,17,19H,4H2,1-3H3. The van der Waals surface area contributed by atoms with Gasteiger partial charge >= 0.3 is 0 Å². The van der Waals surface area contributed by atoms with Gasteiger partial charge in [-0.25, -0.2) is 4.39 Å². The summed E-state index contributed by atoms with van der Waals surface area (Å²) in [7, 11) is 1.83. The first-order valence-electron chi connectivity index (χ1n) is 6.82. The molecule has 0 heterocycles.